The lowest BCUT2D eigenvalue weighted by Gasteiger charge is -2.19. The Balaban J connectivity index is 2.42. The molecule has 4 heteroatoms. The number of methoxy groups -OCH3 is 1. The molecule has 1 amide bonds. The van der Waals surface area contributed by atoms with Crippen LogP contribution in [0, 0.1) is 11.8 Å². The van der Waals surface area contributed by atoms with Crippen LogP contribution < -0.4 is 15.8 Å². The highest BCUT2D eigenvalue weighted by Gasteiger charge is 2.14. The monoisotopic (exact) mass is 278 g/mol. The van der Waals surface area contributed by atoms with Gasteiger partial charge in [-0.2, -0.15) is 0 Å². The molecule has 0 aliphatic heterocycles. The van der Waals surface area contributed by atoms with Crippen molar-refractivity contribution in [1.82, 2.24) is 0 Å². The number of hydrogen-bond donors (Lipinski definition) is 2. The van der Waals surface area contributed by atoms with Gasteiger partial charge in [0, 0.05) is 12.1 Å². The molecule has 0 saturated carbocycles. The van der Waals surface area contributed by atoms with Crippen LogP contribution in [0.5, 0.6) is 5.75 Å². The van der Waals surface area contributed by atoms with Crippen molar-refractivity contribution in [2.45, 2.75) is 33.1 Å². The molecule has 1 aromatic rings. The predicted octanol–water partition coefficient (Wildman–Crippen LogP) is 3.03. The molecule has 0 aliphatic carbocycles. The van der Waals surface area contributed by atoms with E-state index in [1.54, 1.807) is 7.11 Å². The van der Waals surface area contributed by atoms with Gasteiger partial charge < -0.3 is 15.8 Å². The normalized spacial score (nSPS) is 12.2. The van der Waals surface area contributed by atoms with Gasteiger partial charge in [0.25, 0.3) is 0 Å². The molecule has 3 N–H and O–H groups in total. The van der Waals surface area contributed by atoms with Gasteiger partial charge in [0.1, 0.15) is 5.75 Å². The molecule has 1 unspecified atom stereocenters. The summed E-state index contributed by atoms with van der Waals surface area (Å²) in [5, 5.41) is 2.90. The third-order valence-corrected chi connectivity index (χ3v) is 3.60. The Morgan fingerprint density at radius 1 is 1.25 bits per heavy atom. The maximum Gasteiger partial charge on any atom is 0.224 e. The van der Waals surface area contributed by atoms with E-state index in [4.69, 9.17) is 10.5 Å². The first-order chi connectivity index (χ1) is 9.56. The van der Waals surface area contributed by atoms with Gasteiger partial charge in [-0.1, -0.05) is 13.8 Å². The first-order valence-electron chi connectivity index (χ1n) is 7.20. The minimum Gasteiger partial charge on any atom is -0.497 e. The Morgan fingerprint density at radius 2 is 1.90 bits per heavy atom. The van der Waals surface area contributed by atoms with Crippen LogP contribution in [0.25, 0.3) is 0 Å². The van der Waals surface area contributed by atoms with Crippen molar-refractivity contribution in [1.29, 1.82) is 0 Å². The van der Waals surface area contributed by atoms with Crippen LogP contribution in [0.2, 0.25) is 0 Å². The molecular weight excluding hydrogens is 252 g/mol. The summed E-state index contributed by atoms with van der Waals surface area (Å²) >= 11 is 0. The summed E-state index contributed by atoms with van der Waals surface area (Å²) in [5.41, 5.74) is 6.41. The van der Waals surface area contributed by atoms with Crippen molar-refractivity contribution in [2.75, 3.05) is 19.0 Å². The molecule has 0 aliphatic rings. The second-order valence-electron chi connectivity index (χ2n) is 5.40. The van der Waals surface area contributed by atoms with Crippen molar-refractivity contribution < 1.29 is 9.53 Å². The maximum absolute atomic E-state index is 11.9. The zero-order chi connectivity index (χ0) is 15.0. The van der Waals surface area contributed by atoms with E-state index in [-0.39, 0.29) is 5.91 Å². The summed E-state index contributed by atoms with van der Waals surface area (Å²) in [6.07, 6.45) is 2.40. The van der Waals surface area contributed by atoms with Crippen LogP contribution in [0.15, 0.2) is 24.3 Å². The van der Waals surface area contributed by atoms with Gasteiger partial charge in [-0.15, -0.1) is 0 Å². The summed E-state index contributed by atoms with van der Waals surface area (Å²) in [7, 11) is 1.62. The van der Waals surface area contributed by atoms with Crippen molar-refractivity contribution in [2.24, 2.45) is 17.6 Å². The van der Waals surface area contributed by atoms with Crippen LogP contribution in [0.4, 0.5) is 5.69 Å². The summed E-state index contributed by atoms with van der Waals surface area (Å²) < 4.78 is 5.08. The Hall–Kier alpha value is -1.55. The average Bonchev–Trinajstić information content (AvgIpc) is 2.44. The van der Waals surface area contributed by atoms with E-state index in [1.807, 2.05) is 24.3 Å². The van der Waals surface area contributed by atoms with E-state index in [2.05, 4.69) is 19.2 Å². The van der Waals surface area contributed by atoms with Crippen molar-refractivity contribution in [3.63, 3.8) is 0 Å². The van der Waals surface area contributed by atoms with Crippen LogP contribution >= 0.6 is 0 Å². The zero-order valence-corrected chi connectivity index (χ0v) is 12.7. The first kappa shape index (κ1) is 16.5. The highest BCUT2D eigenvalue weighted by Crippen LogP contribution is 2.21. The van der Waals surface area contributed by atoms with Crippen LogP contribution in [0.3, 0.4) is 0 Å². The largest absolute Gasteiger partial charge is 0.497 e. The SMILES string of the molecule is COc1ccc(NC(=O)CCC(CCN)C(C)C)cc1. The maximum atomic E-state index is 11.9. The molecule has 0 bridgehead atoms. The number of carbonyl (C=O) groups is 1. The van der Waals surface area contributed by atoms with Crippen molar-refractivity contribution in [3.05, 3.63) is 24.3 Å². The van der Waals surface area contributed by atoms with Gasteiger partial charge in [0.15, 0.2) is 0 Å². The number of amides is 1. The summed E-state index contributed by atoms with van der Waals surface area (Å²) in [5.74, 6) is 1.91. The highest BCUT2D eigenvalue weighted by atomic mass is 16.5. The van der Waals surface area contributed by atoms with Crippen molar-refractivity contribution >= 4 is 11.6 Å². The Morgan fingerprint density at radius 3 is 2.40 bits per heavy atom. The minimum absolute atomic E-state index is 0.0536. The van der Waals surface area contributed by atoms with E-state index in [9.17, 15) is 4.79 Å². The van der Waals surface area contributed by atoms with Gasteiger partial charge >= 0.3 is 0 Å². The second-order valence-corrected chi connectivity index (χ2v) is 5.40. The number of nitrogens with one attached hydrogen (secondary N) is 1. The van der Waals surface area contributed by atoms with E-state index >= 15 is 0 Å². The van der Waals surface area contributed by atoms with Gasteiger partial charge in [0.2, 0.25) is 5.91 Å². The molecule has 20 heavy (non-hydrogen) atoms. The summed E-state index contributed by atoms with van der Waals surface area (Å²) in [6.45, 7) is 5.05. The topological polar surface area (TPSA) is 64.3 Å². The number of ether oxygens (including phenoxy) is 1. The standard InChI is InChI=1S/C16H26N2O2/c1-12(2)13(10-11-17)4-9-16(19)18-14-5-7-15(20-3)8-6-14/h5-8,12-13H,4,9-11,17H2,1-3H3,(H,18,19). The van der Waals surface area contributed by atoms with E-state index in [1.165, 1.54) is 0 Å². The highest BCUT2D eigenvalue weighted by molar-refractivity contribution is 5.90. The molecule has 0 saturated heterocycles. The van der Waals surface area contributed by atoms with Gasteiger partial charge in [-0.3, -0.25) is 4.79 Å². The molecule has 0 spiro atoms. The second kappa shape index (κ2) is 8.59. The third kappa shape index (κ3) is 5.61. The first-order valence-corrected chi connectivity index (χ1v) is 7.20. The summed E-state index contributed by atoms with van der Waals surface area (Å²) in [6, 6.07) is 7.36. The van der Waals surface area contributed by atoms with Crippen LogP contribution in [-0.2, 0) is 4.79 Å². The fourth-order valence-corrected chi connectivity index (χ4v) is 2.24. The number of benzene rings is 1. The fourth-order valence-electron chi connectivity index (χ4n) is 2.24. The molecule has 0 radical (unpaired) electrons. The molecule has 0 fully saturated rings. The third-order valence-electron chi connectivity index (χ3n) is 3.60. The number of rotatable bonds is 8. The lowest BCUT2D eigenvalue weighted by Crippen LogP contribution is -2.18. The molecule has 0 heterocycles. The zero-order valence-electron chi connectivity index (χ0n) is 12.7. The quantitative estimate of drug-likeness (QED) is 0.768. The number of hydrogen-bond acceptors (Lipinski definition) is 3. The van der Waals surface area contributed by atoms with Gasteiger partial charge in [-0.25, -0.2) is 0 Å². The molecule has 1 rings (SSSR count). The Kier molecular flexibility index (Phi) is 7.09. The molecule has 0 aromatic heterocycles. The number of carbonyl (C=O) groups excluding carboxylic acids is 1. The van der Waals surface area contributed by atoms with E-state index in [0.717, 1.165) is 24.3 Å². The van der Waals surface area contributed by atoms with Gasteiger partial charge in [-0.05, 0) is 55.5 Å². The van der Waals surface area contributed by atoms with E-state index < -0.39 is 0 Å². The fraction of sp³-hybridized carbons (Fsp3) is 0.562. The Bertz CT molecular complexity index is 401. The molecule has 112 valence electrons. The average molecular weight is 278 g/mol. The minimum atomic E-state index is 0.0536. The molecular formula is C16H26N2O2. The lowest BCUT2D eigenvalue weighted by molar-refractivity contribution is -0.116. The molecule has 1 atom stereocenters. The van der Waals surface area contributed by atoms with E-state index in [0.29, 0.717) is 24.8 Å². The van der Waals surface area contributed by atoms with Gasteiger partial charge in [0.05, 0.1) is 7.11 Å². The molecule has 4 nitrogen and oxygen atoms in total. The Labute approximate surface area is 121 Å². The van der Waals surface area contributed by atoms with Crippen molar-refractivity contribution in [3.8, 4) is 5.75 Å². The molecule has 1 aromatic carbocycles. The summed E-state index contributed by atoms with van der Waals surface area (Å²) in [4.78, 5) is 11.9. The smallest absolute Gasteiger partial charge is 0.224 e. The predicted molar refractivity (Wildman–Crippen MR) is 82.9 cm³/mol. The van der Waals surface area contributed by atoms with Crippen LogP contribution in [-0.4, -0.2) is 19.6 Å². The number of nitrogens with two attached hydrogens (primary N) is 1. The van der Waals surface area contributed by atoms with Crippen LogP contribution in [0.1, 0.15) is 33.1 Å². The number of anilines is 1. The lowest BCUT2D eigenvalue weighted by atomic mass is 9.88.